The van der Waals surface area contributed by atoms with Crippen molar-refractivity contribution in [2.45, 2.75) is 32.2 Å². The normalized spacial score (nSPS) is 12.5. The molecule has 0 saturated carbocycles. The van der Waals surface area contributed by atoms with Gasteiger partial charge in [-0.15, -0.1) is 13.2 Å². The highest BCUT2D eigenvalue weighted by molar-refractivity contribution is 4.90. The lowest BCUT2D eigenvalue weighted by molar-refractivity contribution is 0.575. The lowest BCUT2D eigenvalue weighted by Gasteiger charge is -2.11. The molecule has 11 heavy (non-hydrogen) atoms. The molecular formula is C10H19N. The van der Waals surface area contributed by atoms with Gasteiger partial charge in [0, 0.05) is 6.04 Å². The molecule has 0 radical (unpaired) electrons. The Balaban J connectivity index is 3.35. The molecule has 0 fully saturated rings. The highest BCUT2D eigenvalue weighted by Gasteiger charge is 1.97. The molecule has 0 spiro atoms. The maximum absolute atomic E-state index is 3.75. The third-order valence-corrected chi connectivity index (χ3v) is 1.64. The zero-order chi connectivity index (χ0) is 8.53. The summed E-state index contributed by atoms with van der Waals surface area (Å²) in [5.41, 5.74) is 0. The van der Waals surface area contributed by atoms with E-state index in [1.54, 1.807) is 0 Å². The SMILES string of the molecule is C=CCC(C=C)NCCCC. The van der Waals surface area contributed by atoms with Crippen LogP contribution in [0.25, 0.3) is 0 Å². The van der Waals surface area contributed by atoms with Crippen LogP contribution in [0.5, 0.6) is 0 Å². The van der Waals surface area contributed by atoms with Crippen molar-refractivity contribution < 1.29 is 0 Å². The molecule has 0 aromatic rings. The standard InChI is InChI=1S/C10H19N/c1-4-7-9-11-10(6-3)8-5-2/h5-6,10-11H,2-4,7-9H2,1H3. The molecule has 0 aliphatic heterocycles. The molecule has 0 heterocycles. The number of hydrogen-bond acceptors (Lipinski definition) is 1. The predicted molar refractivity (Wildman–Crippen MR) is 51.7 cm³/mol. The molecular weight excluding hydrogens is 134 g/mol. The zero-order valence-electron chi connectivity index (χ0n) is 7.47. The zero-order valence-corrected chi connectivity index (χ0v) is 7.47. The largest absolute Gasteiger partial charge is 0.310 e. The highest BCUT2D eigenvalue weighted by Crippen LogP contribution is 1.94. The van der Waals surface area contributed by atoms with Crippen LogP contribution in [-0.4, -0.2) is 12.6 Å². The lowest BCUT2D eigenvalue weighted by atomic mass is 10.2. The van der Waals surface area contributed by atoms with Gasteiger partial charge in [-0.3, -0.25) is 0 Å². The summed E-state index contributed by atoms with van der Waals surface area (Å²) in [4.78, 5) is 0. The van der Waals surface area contributed by atoms with Gasteiger partial charge in [-0.25, -0.2) is 0 Å². The fourth-order valence-electron chi connectivity index (χ4n) is 0.907. The smallest absolute Gasteiger partial charge is 0.0281 e. The van der Waals surface area contributed by atoms with Crippen molar-refractivity contribution in [3.05, 3.63) is 25.3 Å². The number of rotatable bonds is 7. The van der Waals surface area contributed by atoms with E-state index in [2.05, 4.69) is 25.4 Å². The monoisotopic (exact) mass is 153 g/mol. The molecule has 1 nitrogen and oxygen atoms in total. The second kappa shape index (κ2) is 7.55. The maximum Gasteiger partial charge on any atom is 0.0281 e. The molecule has 1 heteroatoms. The van der Waals surface area contributed by atoms with Crippen molar-refractivity contribution in [2.75, 3.05) is 6.54 Å². The molecule has 0 aliphatic carbocycles. The fraction of sp³-hybridized carbons (Fsp3) is 0.600. The van der Waals surface area contributed by atoms with Crippen molar-refractivity contribution in [3.8, 4) is 0 Å². The van der Waals surface area contributed by atoms with Crippen molar-refractivity contribution in [1.82, 2.24) is 5.32 Å². The van der Waals surface area contributed by atoms with E-state index in [9.17, 15) is 0 Å². The highest BCUT2D eigenvalue weighted by atomic mass is 14.9. The first-order valence-corrected chi connectivity index (χ1v) is 4.32. The van der Waals surface area contributed by atoms with Crippen molar-refractivity contribution in [2.24, 2.45) is 0 Å². The van der Waals surface area contributed by atoms with Gasteiger partial charge in [0.2, 0.25) is 0 Å². The molecule has 0 aliphatic rings. The van der Waals surface area contributed by atoms with Gasteiger partial charge < -0.3 is 5.32 Å². The van der Waals surface area contributed by atoms with Crippen LogP contribution >= 0.6 is 0 Å². The topological polar surface area (TPSA) is 12.0 Å². The minimum absolute atomic E-state index is 0.416. The van der Waals surface area contributed by atoms with Gasteiger partial charge >= 0.3 is 0 Å². The minimum Gasteiger partial charge on any atom is -0.310 e. The summed E-state index contributed by atoms with van der Waals surface area (Å²) >= 11 is 0. The minimum atomic E-state index is 0.416. The predicted octanol–water partition coefficient (Wildman–Crippen LogP) is 2.51. The van der Waals surface area contributed by atoms with Gasteiger partial charge in [-0.05, 0) is 19.4 Å². The number of nitrogens with one attached hydrogen (secondary N) is 1. The summed E-state index contributed by atoms with van der Waals surface area (Å²) in [5, 5.41) is 3.38. The van der Waals surface area contributed by atoms with E-state index in [4.69, 9.17) is 0 Å². The summed E-state index contributed by atoms with van der Waals surface area (Å²) in [7, 11) is 0. The molecule has 1 unspecified atom stereocenters. The summed E-state index contributed by atoms with van der Waals surface area (Å²) in [6.45, 7) is 10.7. The quantitative estimate of drug-likeness (QED) is 0.438. The van der Waals surface area contributed by atoms with Gasteiger partial charge in [0.25, 0.3) is 0 Å². The summed E-state index contributed by atoms with van der Waals surface area (Å²) in [6.07, 6.45) is 7.32. The average Bonchev–Trinajstić information content (AvgIpc) is 2.03. The van der Waals surface area contributed by atoms with Gasteiger partial charge in [-0.2, -0.15) is 0 Å². The molecule has 0 aromatic heterocycles. The molecule has 0 aromatic carbocycles. The van der Waals surface area contributed by atoms with E-state index >= 15 is 0 Å². The molecule has 0 bridgehead atoms. The molecule has 0 rings (SSSR count). The summed E-state index contributed by atoms with van der Waals surface area (Å²) in [6, 6.07) is 0.416. The van der Waals surface area contributed by atoms with E-state index in [0.717, 1.165) is 13.0 Å². The second-order valence-corrected chi connectivity index (χ2v) is 2.67. The molecule has 0 amide bonds. The van der Waals surface area contributed by atoms with E-state index < -0.39 is 0 Å². The van der Waals surface area contributed by atoms with Crippen LogP contribution in [-0.2, 0) is 0 Å². The van der Waals surface area contributed by atoms with E-state index in [-0.39, 0.29) is 0 Å². The fourth-order valence-corrected chi connectivity index (χ4v) is 0.907. The third-order valence-electron chi connectivity index (χ3n) is 1.64. The Morgan fingerprint density at radius 3 is 2.64 bits per heavy atom. The first kappa shape index (κ1) is 10.4. The van der Waals surface area contributed by atoms with Crippen molar-refractivity contribution in [3.63, 3.8) is 0 Å². The Morgan fingerprint density at radius 1 is 1.45 bits per heavy atom. The number of hydrogen-bond donors (Lipinski definition) is 1. The summed E-state index contributed by atoms with van der Waals surface area (Å²) < 4.78 is 0. The van der Waals surface area contributed by atoms with Gasteiger partial charge in [0.15, 0.2) is 0 Å². The molecule has 0 saturated heterocycles. The van der Waals surface area contributed by atoms with E-state index in [1.807, 2.05) is 12.2 Å². The summed E-state index contributed by atoms with van der Waals surface area (Å²) in [5.74, 6) is 0. The van der Waals surface area contributed by atoms with Gasteiger partial charge in [0.05, 0.1) is 0 Å². The van der Waals surface area contributed by atoms with Crippen LogP contribution < -0.4 is 5.32 Å². The van der Waals surface area contributed by atoms with Gasteiger partial charge in [0.1, 0.15) is 0 Å². The number of unbranched alkanes of at least 4 members (excludes halogenated alkanes) is 1. The van der Waals surface area contributed by atoms with E-state index in [1.165, 1.54) is 12.8 Å². The van der Waals surface area contributed by atoms with Crippen LogP contribution in [0, 0.1) is 0 Å². The van der Waals surface area contributed by atoms with Crippen molar-refractivity contribution in [1.29, 1.82) is 0 Å². The van der Waals surface area contributed by atoms with Crippen LogP contribution in [0.1, 0.15) is 26.2 Å². The van der Waals surface area contributed by atoms with Crippen molar-refractivity contribution >= 4 is 0 Å². The van der Waals surface area contributed by atoms with E-state index in [0.29, 0.717) is 6.04 Å². The molecule has 64 valence electrons. The Kier molecular flexibility index (Phi) is 7.16. The van der Waals surface area contributed by atoms with Crippen LogP contribution in [0.4, 0.5) is 0 Å². The maximum atomic E-state index is 3.75. The average molecular weight is 153 g/mol. The first-order chi connectivity index (χ1) is 5.35. The first-order valence-electron chi connectivity index (χ1n) is 4.32. The Hall–Kier alpha value is -0.560. The van der Waals surface area contributed by atoms with Gasteiger partial charge in [-0.1, -0.05) is 25.5 Å². The lowest BCUT2D eigenvalue weighted by Crippen LogP contribution is -2.27. The Morgan fingerprint density at radius 2 is 2.18 bits per heavy atom. The Labute approximate surface area is 70.2 Å². The van der Waals surface area contributed by atoms with Crippen LogP contribution in [0.2, 0.25) is 0 Å². The third kappa shape index (κ3) is 5.86. The second-order valence-electron chi connectivity index (χ2n) is 2.67. The molecule has 1 N–H and O–H groups in total. The Bertz CT molecular complexity index is 107. The van der Waals surface area contributed by atoms with Crippen LogP contribution in [0.3, 0.4) is 0 Å². The molecule has 1 atom stereocenters. The van der Waals surface area contributed by atoms with Crippen LogP contribution in [0.15, 0.2) is 25.3 Å².